The lowest BCUT2D eigenvalue weighted by Gasteiger charge is -2.16. The third kappa shape index (κ3) is 13.1. The van der Waals surface area contributed by atoms with Gasteiger partial charge in [0.25, 0.3) is 0 Å². The van der Waals surface area contributed by atoms with Crippen LogP contribution in [0.3, 0.4) is 0 Å². The molecule has 4 nitrogen and oxygen atoms in total. The van der Waals surface area contributed by atoms with E-state index in [0.717, 1.165) is 46.4 Å². The fourth-order valence-electron chi connectivity index (χ4n) is 5.32. The molecule has 0 aromatic heterocycles. The molecule has 2 atom stereocenters. The quantitative estimate of drug-likeness (QED) is 0.0645. The molecule has 0 radical (unpaired) electrons. The Morgan fingerprint density at radius 3 is 1.64 bits per heavy atom. The van der Waals surface area contributed by atoms with Crippen LogP contribution in [0.5, 0.6) is 17.2 Å². The number of hydrogen-bond acceptors (Lipinski definition) is 4. The second-order valence-corrected chi connectivity index (χ2v) is 12.9. The van der Waals surface area contributed by atoms with Gasteiger partial charge in [-0.2, -0.15) is 0 Å². The Bertz CT molecular complexity index is 1220. The molecule has 3 aromatic carbocycles. The number of carbonyl (C=O) groups is 1. The van der Waals surface area contributed by atoms with Crippen molar-refractivity contribution >= 4 is 21.9 Å². The van der Waals surface area contributed by atoms with Gasteiger partial charge in [0.05, 0.1) is 22.2 Å². The van der Waals surface area contributed by atoms with Gasteiger partial charge in [0.2, 0.25) is 0 Å². The third-order valence-electron chi connectivity index (χ3n) is 8.01. The Morgan fingerprint density at radius 2 is 1.09 bits per heavy atom. The van der Waals surface area contributed by atoms with Crippen molar-refractivity contribution in [3.63, 3.8) is 0 Å². The first-order valence-electron chi connectivity index (χ1n) is 16.9. The number of rotatable bonds is 21. The highest BCUT2D eigenvalue weighted by molar-refractivity contribution is 9.10. The first kappa shape index (κ1) is 35.7. The molecule has 0 bridgehead atoms. The molecule has 240 valence electrons. The fraction of sp³-hybridized carbons (Fsp3) is 0.513. The topological polar surface area (TPSA) is 44.8 Å². The first-order valence-corrected chi connectivity index (χ1v) is 17.7. The van der Waals surface area contributed by atoms with E-state index in [9.17, 15) is 4.79 Å². The van der Waals surface area contributed by atoms with Gasteiger partial charge >= 0.3 is 5.97 Å². The lowest BCUT2D eigenvalue weighted by Crippen LogP contribution is -2.13. The SMILES string of the molecule is CCCCCCCCCCC(C)Oc1ccc(-c2ccc(OC(=O)c3ccc(O[C@H](C)CCCCCC)c(Br)c3)cc2)cc1. The van der Waals surface area contributed by atoms with Crippen molar-refractivity contribution in [3.05, 3.63) is 76.8 Å². The highest BCUT2D eigenvalue weighted by atomic mass is 79.9. The summed E-state index contributed by atoms with van der Waals surface area (Å²) in [5, 5.41) is 0. The van der Waals surface area contributed by atoms with Crippen molar-refractivity contribution in [2.75, 3.05) is 0 Å². The van der Waals surface area contributed by atoms with Gasteiger partial charge < -0.3 is 14.2 Å². The van der Waals surface area contributed by atoms with Crippen molar-refractivity contribution < 1.29 is 19.0 Å². The van der Waals surface area contributed by atoms with Crippen LogP contribution >= 0.6 is 15.9 Å². The summed E-state index contributed by atoms with van der Waals surface area (Å²) >= 11 is 3.56. The van der Waals surface area contributed by atoms with E-state index in [1.165, 1.54) is 70.6 Å². The van der Waals surface area contributed by atoms with Crippen LogP contribution in [0.2, 0.25) is 0 Å². The van der Waals surface area contributed by atoms with Gasteiger partial charge in [0.1, 0.15) is 17.2 Å². The molecule has 0 N–H and O–H groups in total. The van der Waals surface area contributed by atoms with Crippen molar-refractivity contribution in [1.29, 1.82) is 0 Å². The first-order chi connectivity index (χ1) is 21.4. The summed E-state index contributed by atoms with van der Waals surface area (Å²) in [4.78, 5) is 12.8. The number of carbonyl (C=O) groups excluding carboxylic acids is 1. The highest BCUT2D eigenvalue weighted by Crippen LogP contribution is 2.29. The lowest BCUT2D eigenvalue weighted by molar-refractivity contribution is 0.0734. The summed E-state index contributed by atoms with van der Waals surface area (Å²) in [6.07, 6.45) is 18.0. The molecule has 0 aliphatic carbocycles. The molecular weight excluding hydrogens is 612 g/mol. The molecule has 3 rings (SSSR count). The van der Waals surface area contributed by atoms with E-state index in [-0.39, 0.29) is 12.2 Å². The predicted molar refractivity (Wildman–Crippen MR) is 187 cm³/mol. The standard InChI is InChI=1S/C39H53BrO4/c1-5-7-9-11-12-13-14-16-17-30(3)42-35-24-19-32(20-25-35)33-21-26-36(27-22-33)44-39(41)34-23-28-38(37(40)29-34)43-31(4)18-15-10-8-6-2/h19-31H,5-18H2,1-4H3/t30?,31-/m1/s1. The second-order valence-electron chi connectivity index (χ2n) is 12.1. The minimum atomic E-state index is -0.403. The molecule has 1 unspecified atom stereocenters. The summed E-state index contributed by atoms with van der Waals surface area (Å²) in [5.74, 6) is 1.74. The van der Waals surface area contributed by atoms with Crippen LogP contribution in [-0.2, 0) is 0 Å². The maximum absolute atomic E-state index is 12.8. The van der Waals surface area contributed by atoms with Gasteiger partial charge in [0.15, 0.2) is 0 Å². The summed E-state index contributed by atoms with van der Waals surface area (Å²) < 4.78 is 18.7. The van der Waals surface area contributed by atoms with Gasteiger partial charge in [0, 0.05) is 0 Å². The van der Waals surface area contributed by atoms with E-state index in [1.807, 2.05) is 42.5 Å². The molecule has 0 fully saturated rings. The number of ether oxygens (including phenoxy) is 3. The number of esters is 1. The Hall–Kier alpha value is -2.79. The van der Waals surface area contributed by atoms with E-state index in [1.54, 1.807) is 12.1 Å². The second kappa shape index (κ2) is 20.3. The molecule has 0 aliphatic heterocycles. The zero-order valence-corrected chi connectivity index (χ0v) is 29.0. The summed E-state index contributed by atoms with van der Waals surface area (Å²) in [6, 6.07) is 21.2. The van der Waals surface area contributed by atoms with Gasteiger partial charge in [-0.1, -0.05) is 102 Å². The fourth-order valence-corrected chi connectivity index (χ4v) is 5.79. The molecule has 0 amide bonds. The third-order valence-corrected chi connectivity index (χ3v) is 8.63. The van der Waals surface area contributed by atoms with Crippen LogP contribution in [0, 0.1) is 0 Å². The van der Waals surface area contributed by atoms with Crippen molar-refractivity contribution in [1.82, 2.24) is 0 Å². The zero-order chi connectivity index (χ0) is 31.6. The summed E-state index contributed by atoms with van der Waals surface area (Å²) in [5.41, 5.74) is 2.61. The van der Waals surface area contributed by atoms with Gasteiger partial charge in [-0.15, -0.1) is 0 Å². The van der Waals surface area contributed by atoms with E-state index in [4.69, 9.17) is 14.2 Å². The van der Waals surface area contributed by atoms with Crippen LogP contribution < -0.4 is 14.2 Å². The molecule has 44 heavy (non-hydrogen) atoms. The summed E-state index contributed by atoms with van der Waals surface area (Å²) in [6.45, 7) is 8.73. The van der Waals surface area contributed by atoms with Gasteiger partial charge in [-0.05, 0) is 109 Å². The van der Waals surface area contributed by atoms with Gasteiger partial charge in [-0.25, -0.2) is 4.79 Å². The van der Waals surface area contributed by atoms with E-state index in [2.05, 4.69) is 55.8 Å². The smallest absolute Gasteiger partial charge is 0.343 e. The van der Waals surface area contributed by atoms with E-state index >= 15 is 0 Å². The Labute approximate surface area is 275 Å². The maximum atomic E-state index is 12.8. The van der Waals surface area contributed by atoms with Crippen LogP contribution in [-0.4, -0.2) is 18.2 Å². The molecule has 0 saturated heterocycles. The molecule has 0 spiro atoms. The summed E-state index contributed by atoms with van der Waals surface area (Å²) in [7, 11) is 0. The highest BCUT2D eigenvalue weighted by Gasteiger charge is 2.14. The largest absolute Gasteiger partial charge is 0.491 e. The minimum Gasteiger partial charge on any atom is -0.491 e. The van der Waals surface area contributed by atoms with E-state index < -0.39 is 5.97 Å². The Morgan fingerprint density at radius 1 is 0.614 bits per heavy atom. The minimum absolute atomic E-state index is 0.122. The normalized spacial score (nSPS) is 12.5. The van der Waals surface area contributed by atoms with E-state index in [0.29, 0.717) is 11.3 Å². The molecule has 3 aromatic rings. The molecule has 0 saturated carbocycles. The monoisotopic (exact) mass is 664 g/mol. The number of hydrogen-bond donors (Lipinski definition) is 0. The number of unbranched alkanes of at least 4 members (excludes halogenated alkanes) is 10. The van der Waals surface area contributed by atoms with Crippen molar-refractivity contribution in [3.8, 4) is 28.4 Å². The van der Waals surface area contributed by atoms with Crippen molar-refractivity contribution in [2.45, 2.75) is 130 Å². The number of halogens is 1. The molecule has 0 aliphatic rings. The Balaban J connectivity index is 1.43. The molecule has 5 heteroatoms. The number of benzene rings is 3. The van der Waals surface area contributed by atoms with Crippen LogP contribution in [0.25, 0.3) is 11.1 Å². The lowest BCUT2D eigenvalue weighted by atomic mass is 10.1. The average Bonchev–Trinajstić information content (AvgIpc) is 3.02. The molecule has 0 heterocycles. The Kier molecular flexibility index (Phi) is 16.4. The van der Waals surface area contributed by atoms with Crippen LogP contribution in [0.4, 0.5) is 0 Å². The van der Waals surface area contributed by atoms with Crippen LogP contribution in [0.15, 0.2) is 71.2 Å². The maximum Gasteiger partial charge on any atom is 0.343 e. The zero-order valence-electron chi connectivity index (χ0n) is 27.4. The molecular formula is C39H53BrO4. The average molecular weight is 666 g/mol. The predicted octanol–water partition coefficient (Wildman–Crippen LogP) is 12.4. The van der Waals surface area contributed by atoms with Crippen LogP contribution in [0.1, 0.15) is 128 Å². The van der Waals surface area contributed by atoms with Crippen molar-refractivity contribution in [2.24, 2.45) is 0 Å². The van der Waals surface area contributed by atoms with Gasteiger partial charge in [-0.3, -0.25) is 0 Å².